The second-order valence-corrected chi connectivity index (χ2v) is 5.81. The van der Waals surface area contributed by atoms with E-state index >= 15 is 0 Å². The quantitative estimate of drug-likeness (QED) is 0.863. The van der Waals surface area contributed by atoms with Gasteiger partial charge >= 0.3 is 12.0 Å². The number of hydrogen-bond donors (Lipinski definition) is 2. The number of amides is 2. The van der Waals surface area contributed by atoms with Gasteiger partial charge in [-0.1, -0.05) is 9.59 Å². The number of urea groups is 1. The molecule has 2 aromatic heterocycles. The summed E-state index contributed by atoms with van der Waals surface area (Å²) in [5, 5.41) is 21.0. The number of thiophene rings is 1. The molecule has 3 heterocycles. The maximum absolute atomic E-state index is 12.2. The summed E-state index contributed by atoms with van der Waals surface area (Å²) >= 11 is 2.45. The topological polar surface area (TPSA) is 108 Å². The summed E-state index contributed by atoms with van der Waals surface area (Å²) in [5.41, 5.74) is 0.680. The Bertz CT molecular complexity index is 641. The van der Waals surface area contributed by atoms with Crippen molar-refractivity contribution in [2.75, 3.05) is 11.9 Å². The summed E-state index contributed by atoms with van der Waals surface area (Å²) in [4.78, 5) is 26.0. The number of carbonyl (C=O) groups is 2. The van der Waals surface area contributed by atoms with Gasteiger partial charge in [0.25, 0.3) is 0 Å². The summed E-state index contributed by atoms with van der Waals surface area (Å²) in [6.45, 7) is 0.350. The lowest BCUT2D eigenvalue weighted by Crippen LogP contribution is -2.45. The van der Waals surface area contributed by atoms with Crippen LogP contribution in [0.1, 0.15) is 16.5 Å². The molecular formula is C10H9N5O3S2. The molecule has 1 aliphatic heterocycles. The van der Waals surface area contributed by atoms with Crippen LogP contribution in [0.15, 0.2) is 11.4 Å². The minimum Gasteiger partial charge on any atom is -0.479 e. The second-order valence-electron chi connectivity index (χ2n) is 4.08. The van der Waals surface area contributed by atoms with Crippen molar-refractivity contribution in [3.63, 3.8) is 0 Å². The molecule has 0 spiro atoms. The molecule has 2 N–H and O–H groups in total. The molecule has 0 fully saturated rings. The fraction of sp³-hybridized carbons (Fsp3) is 0.300. The summed E-state index contributed by atoms with van der Waals surface area (Å²) in [6.07, 6.45) is 0.651. The van der Waals surface area contributed by atoms with Crippen LogP contribution < -0.4 is 5.32 Å². The zero-order valence-electron chi connectivity index (χ0n) is 10.0. The van der Waals surface area contributed by atoms with Crippen LogP contribution >= 0.6 is 22.9 Å². The highest BCUT2D eigenvalue weighted by molar-refractivity contribution is 7.10. The highest BCUT2D eigenvalue weighted by atomic mass is 32.1. The number of hydrogen-bond acceptors (Lipinski definition) is 7. The van der Waals surface area contributed by atoms with E-state index < -0.39 is 18.0 Å². The highest BCUT2D eigenvalue weighted by Crippen LogP contribution is 2.33. The molecule has 1 atom stereocenters. The minimum absolute atomic E-state index is 0.246. The molecule has 3 rings (SSSR count). The number of aromatic nitrogens is 3. The van der Waals surface area contributed by atoms with Crippen molar-refractivity contribution < 1.29 is 14.7 Å². The molecule has 0 aromatic carbocycles. The van der Waals surface area contributed by atoms with Gasteiger partial charge in [-0.05, 0) is 28.6 Å². The molecular weight excluding hydrogens is 302 g/mol. The molecule has 1 unspecified atom stereocenters. The van der Waals surface area contributed by atoms with Crippen molar-refractivity contribution in [3.05, 3.63) is 21.9 Å². The number of nitrogens with zero attached hydrogens (tertiary/aromatic N) is 4. The smallest absolute Gasteiger partial charge is 0.331 e. The standard InChI is InChI=1S/C10H9N5O3S2/c16-8(17)7-5-2-4-19-6(5)1-3-15(7)10(18)11-9-12-13-14-20-9/h2,4,7H,1,3H2,(H,16,17)(H,11,12,14,18). The lowest BCUT2D eigenvalue weighted by molar-refractivity contribution is -0.142. The Morgan fingerprint density at radius 3 is 3.05 bits per heavy atom. The van der Waals surface area contributed by atoms with Gasteiger partial charge in [-0.2, -0.15) is 0 Å². The van der Waals surface area contributed by atoms with Crippen LogP contribution in [0, 0.1) is 0 Å². The highest BCUT2D eigenvalue weighted by Gasteiger charge is 2.36. The van der Waals surface area contributed by atoms with E-state index in [1.54, 1.807) is 6.07 Å². The maximum atomic E-state index is 12.2. The van der Waals surface area contributed by atoms with E-state index in [2.05, 4.69) is 20.1 Å². The van der Waals surface area contributed by atoms with Gasteiger partial charge in [0.15, 0.2) is 6.04 Å². The molecule has 2 amide bonds. The van der Waals surface area contributed by atoms with Crippen molar-refractivity contribution in [1.29, 1.82) is 0 Å². The van der Waals surface area contributed by atoms with E-state index in [-0.39, 0.29) is 5.13 Å². The van der Waals surface area contributed by atoms with Crippen molar-refractivity contribution in [3.8, 4) is 0 Å². The number of aliphatic carboxylic acids is 1. The Balaban J connectivity index is 1.85. The lowest BCUT2D eigenvalue weighted by Gasteiger charge is -2.32. The first-order chi connectivity index (χ1) is 9.66. The van der Waals surface area contributed by atoms with Crippen LogP contribution in [0.3, 0.4) is 0 Å². The number of rotatable bonds is 2. The monoisotopic (exact) mass is 311 g/mol. The van der Waals surface area contributed by atoms with Crippen molar-refractivity contribution in [2.24, 2.45) is 0 Å². The number of carboxylic acids is 1. The van der Waals surface area contributed by atoms with Gasteiger partial charge in [0, 0.05) is 23.0 Å². The molecule has 0 aliphatic carbocycles. The second kappa shape index (κ2) is 5.13. The van der Waals surface area contributed by atoms with Crippen LogP contribution in [-0.4, -0.2) is 43.4 Å². The van der Waals surface area contributed by atoms with Gasteiger partial charge < -0.3 is 10.0 Å². The normalized spacial score (nSPS) is 17.6. The molecule has 104 valence electrons. The third-order valence-corrected chi connectivity index (χ3v) is 4.48. The van der Waals surface area contributed by atoms with E-state index in [0.717, 1.165) is 16.4 Å². The van der Waals surface area contributed by atoms with Gasteiger partial charge in [-0.3, -0.25) is 5.32 Å². The average Bonchev–Trinajstić information content (AvgIpc) is 3.06. The molecule has 0 radical (unpaired) electrons. The van der Waals surface area contributed by atoms with Gasteiger partial charge in [-0.15, -0.1) is 11.3 Å². The number of carboxylic acid groups (broad SMARTS) is 1. The van der Waals surface area contributed by atoms with E-state index in [1.165, 1.54) is 16.2 Å². The Labute approximate surface area is 121 Å². The van der Waals surface area contributed by atoms with Crippen LogP contribution in [0.25, 0.3) is 0 Å². The van der Waals surface area contributed by atoms with E-state index in [4.69, 9.17) is 0 Å². The Hall–Kier alpha value is -2.07. The van der Waals surface area contributed by atoms with E-state index in [1.807, 2.05) is 5.38 Å². The first-order valence-electron chi connectivity index (χ1n) is 5.68. The van der Waals surface area contributed by atoms with Crippen LogP contribution in [-0.2, 0) is 11.2 Å². The number of anilines is 1. The van der Waals surface area contributed by atoms with Crippen LogP contribution in [0.4, 0.5) is 9.93 Å². The summed E-state index contributed by atoms with van der Waals surface area (Å²) in [5.74, 6) is -1.05. The van der Waals surface area contributed by atoms with Gasteiger partial charge in [0.05, 0.1) is 0 Å². The third-order valence-electron chi connectivity index (χ3n) is 2.97. The van der Waals surface area contributed by atoms with E-state index in [9.17, 15) is 14.7 Å². The number of carbonyl (C=O) groups excluding carboxylic acids is 1. The lowest BCUT2D eigenvalue weighted by atomic mass is 10.0. The molecule has 8 nitrogen and oxygen atoms in total. The fourth-order valence-corrected chi connectivity index (χ4v) is 3.41. The first kappa shape index (κ1) is 12.9. The Morgan fingerprint density at radius 1 is 1.50 bits per heavy atom. The molecule has 1 aliphatic rings. The van der Waals surface area contributed by atoms with E-state index in [0.29, 0.717) is 18.5 Å². The Morgan fingerprint density at radius 2 is 2.35 bits per heavy atom. The zero-order valence-corrected chi connectivity index (χ0v) is 11.6. The average molecular weight is 311 g/mol. The molecule has 0 bridgehead atoms. The molecule has 10 heteroatoms. The van der Waals surface area contributed by atoms with Crippen molar-refractivity contribution in [1.82, 2.24) is 19.7 Å². The first-order valence-corrected chi connectivity index (χ1v) is 7.34. The molecule has 2 aromatic rings. The van der Waals surface area contributed by atoms with Crippen LogP contribution in [0.5, 0.6) is 0 Å². The van der Waals surface area contributed by atoms with Gasteiger partial charge in [0.2, 0.25) is 5.13 Å². The molecule has 20 heavy (non-hydrogen) atoms. The number of nitrogens with one attached hydrogen (secondary N) is 1. The molecule has 0 saturated carbocycles. The predicted octanol–water partition coefficient (Wildman–Crippen LogP) is 1.21. The third kappa shape index (κ3) is 2.23. The fourth-order valence-electron chi connectivity index (χ4n) is 2.15. The summed E-state index contributed by atoms with van der Waals surface area (Å²) in [6, 6.07) is 0.281. The maximum Gasteiger partial charge on any atom is 0.331 e. The minimum atomic E-state index is -1.05. The van der Waals surface area contributed by atoms with Gasteiger partial charge in [-0.25, -0.2) is 9.59 Å². The van der Waals surface area contributed by atoms with Crippen molar-refractivity contribution in [2.45, 2.75) is 12.5 Å². The summed E-state index contributed by atoms with van der Waals surface area (Å²) in [7, 11) is 0. The molecule has 0 saturated heterocycles. The van der Waals surface area contributed by atoms with Crippen molar-refractivity contribution >= 4 is 40.0 Å². The largest absolute Gasteiger partial charge is 0.479 e. The Kier molecular flexibility index (Phi) is 3.32. The SMILES string of the molecule is O=C(O)C1c2ccsc2CCN1C(=O)Nc1nnns1. The summed E-state index contributed by atoms with van der Waals surface area (Å²) < 4.78 is 3.53. The van der Waals surface area contributed by atoms with Crippen LogP contribution in [0.2, 0.25) is 0 Å². The van der Waals surface area contributed by atoms with Gasteiger partial charge in [0.1, 0.15) is 0 Å². The predicted molar refractivity (Wildman–Crippen MR) is 71.8 cm³/mol. The zero-order chi connectivity index (χ0) is 14.1. The number of fused-ring (bicyclic) bond motifs is 1.